The zero-order chi connectivity index (χ0) is 16.0. The van der Waals surface area contributed by atoms with E-state index in [1.54, 1.807) is 0 Å². The third kappa shape index (κ3) is 2.76. The second-order valence-electron chi connectivity index (χ2n) is 8.69. The van der Waals surface area contributed by atoms with Gasteiger partial charge in [-0.2, -0.15) is 0 Å². The lowest BCUT2D eigenvalue weighted by atomic mass is 9.83. The Labute approximate surface area is 140 Å². The highest BCUT2D eigenvalue weighted by atomic mass is 16.6. The third-order valence-corrected chi connectivity index (χ3v) is 7.13. The summed E-state index contributed by atoms with van der Waals surface area (Å²) in [5.74, 6) is 0.811. The van der Waals surface area contributed by atoms with E-state index in [2.05, 4.69) is 13.8 Å². The Morgan fingerprint density at radius 1 is 0.957 bits per heavy atom. The second-order valence-corrected chi connectivity index (χ2v) is 8.69. The molecule has 4 aliphatic rings. The minimum absolute atomic E-state index is 0.0119. The van der Waals surface area contributed by atoms with Gasteiger partial charge in [-0.15, -0.1) is 0 Å². The second kappa shape index (κ2) is 5.98. The lowest BCUT2D eigenvalue weighted by molar-refractivity contribution is -0.218. The SMILES string of the molecule is CCC1(COC2CC3CCC2(OCC2(CC)COC2)C3)COC1. The Bertz CT molecular complexity index is 418. The monoisotopic (exact) mass is 324 g/mol. The van der Waals surface area contributed by atoms with Crippen LogP contribution in [0.1, 0.15) is 52.4 Å². The minimum atomic E-state index is -0.0119. The molecule has 2 saturated heterocycles. The van der Waals surface area contributed by atoms with Gasteiger partial charge >= 0.3 is 0 Å². The molecule has 4 rings (SSSR count). The smallest absolute Gasteiger partial charge is 0.0946 e. The van der Waals surface area contributed by atoms with E-state index in [9.17, 15) is 0 Å². The van der Waals surface area contributed by atoms with Crippen LogP contribution in [0.3, 0.4) is 0 Å². The van der Waals surface area contributed by atoms with Crippen molar-refractivity contribution in [3.05, 3.63) is 0 Å². The van der Waals surface area contributed by atoms with Crippen molar-refractivity contribution in [2.45, 2.75) is 64.1 Å². The van der Waals surface area contributed by atoms with Crippen molar-refractivity contribution in [3.8, 4) is 0 Å². The maximum atomic E-state index is 6.61. The summed E-state index contributed by atoms with van der Waals surface area (Å²) in [6, 6.07) is 0. The molecule has 0 radical (unpaired) electrons. The van der Waals surface area contributed by atoms with Crippen molar-refractivity contribution in [3.63, 3.8) is 0 Å². The molecular formula is C19H32O4. The zero-order valence-electron chi connectivity index (χ0n) is 14.8. The van der Waals surface area contributed by atoms with E-state index in [0.29, 0.717) is 6.10 Å². The van der Waals surface area contributed by atoms with Crippen molar-refractivity contribution >= 4 is 0 Å². The molecule has 4 nitrogen and oxygen atoms in total. The molecule has 0 aromatic heterocycles. The molecular weight excluding hydrogens is 292 g/mol. The predicted molar refractivity (Wildman–Crippen MR) is 87.5 cm³/mol. The van der Waals surface area contributed by atoms with Gasteiger partial charge in [-0.3, -0.25) is 0 Å². The van der Waals surface area contributed by atoms with Crippen LogP contribution in [0.2, 0.25) is 0 Å². The van der Waals surface area contributed by atoms with E-state index in [1.807, 2.05) is 0 Å². The Balaban J connectivity index is 1.37. The Morgan fingerprint density at radius 3 is 2.13 bits per heavy atom. The first-order valence-electron chi connectivity index (χ1n) is 9.54. The summed E-state index contributed by atoms with van der Waals surface area (Å²) in [4.78, 5) is 0. The summed E-state index contributed by atoms with van der Waals surface area (Å²) in [6.45, 7) is 9.65. The fourth-order valence-electron chi connectivity index (χ4n) is 4.73. The number of hydrogen-bond acceptors (Lipinski definition) is 4. The number of fused-ring (bicyclic) bond motifs is 2. The van der Waals surface area contributed by atoms with Crippen molar-refractivity contribution in [2.75, 3.05) is 39.6 Å². The van der Waals surface area contributed by atoms with Crippen LogP contribution in [0.5, 0.6) is 0 Å². The average Bonchev–Trinajstić information content (AvgIpc) is 3.04. The first-order valence-corrected chi connectivity index (χ1v) is 9.54. The van der Waals surface area contributed by atoms with Gasteiger partial charge in [0.05, 0.1) is 51.3 Å². The van der Waals surface area contributed by atoms with E-state index >= 15 is 0 Å². The van der Waals surface area contributed by atoms with E-state index in [1.165, 1.54) is 25.7 Å². The van der Waals surface area contributed by atoms with Gasteiger partial charge in [0.15, 0.2) is 0 Å². The Hall–Kier alpha value is -0.160. The Morgan fingerprint density at radius 2 is 1.61 bits per heavy atom. The molecule has 4 fully saturated rings. The molecule has 3 unspecified atom stereocenters. The van der Waals surface area contributed by atoms with E-state index < -0.39 is 0 Å². The predicted octanol–water partition coefficient (Wildman–Crippen LogP) is 3.18. The van der Waals surface area contributed by atoms with Crippen molar-refractivity contribution in [1.29, 1.82) is 0 Å². The van der Waals surface area contributed by atoms with Gasteiger partial charge in [-0.1, -0.05) is 13.8 Å². The van der Waals surface area contributed by atoms with Crippen LogP contribution >= 0.6 is 0 Å². The van der Waals surface area contributed by atoms with Crippen LogP contribution in [0.25, 0.3) is 0 Å². The van der Waals surface area contributed by atoms with Crippen LogP contribution in [-0.2, 0) is 18.9 Å². The highest BCUT2D eigenvalue weighted by molar-refractivity contribution is 5.06. The number of ether oxygens (including phenoxy) is 4. The fraction of sp³-hybridized carbons (Fsp3) is 1.00. The number of hydrogen-bond donors (Lipinski definition) is 0. The molecule has 2 aliphatic heterocycles. The highest BCUT2D eigenvalue weighted by Crippen LogP contribution is 2.52. The van der Waals surface area contributed by atoms with Gasteiger partial charge in [0.25, 0.3) is 0 Å². The molecule has 0 spiro atoms. The molecule has 2 saturated carbocycles. The van der Waals surface area contributed by atoms with Crippen molar-refractivity contribution in [1.82, 2.24) is 0 Å². The van der Waals surface area contributed by atoms with Gasteiger partial charge in [-0.25, -0.2) is 0 Å². The standard InChI is InChI=1S/C19H32O4/c1-3-17(9-20-10-17)13-22-16-7-15-5-6-19(16,8-15)23-14-18(4-2)11-21-12-18/h15-16H,3-14H2,1-2H3. The van der Waals surface area contributed by atoms with Crippen molar-refractivity contribution < 1.29 is 18.9 Å². The largest absolute Gasteiger partial charge is 0.380 e. The molecule has 2 aliphatic carbocycles. The van der Waals surface area contributed by atoms with E-state index in [-0.39, 0.29) is 16.4 Å². The number of rotatable bonds is 8. The molecule has 2 bridgehead atoms. The van der Waals surface area contributed by atoms with Crippen LogP contribution in [0.4, 0.5) is 0 Å². The molecule has 2 heterocycles. The first-order chi connectivity index (χ1) is 11.1. The summed E-state index contributed by atoms with van der Waals surface area (Å²) in [5, 5.41) is 0. The van der Waals surface area contributed by atoms with Crippen LogP contribution < -0.4 is 0 Å². The van der Waals surface area contributed by atoms with Crippen LogP contribution in [0.15, 0.2) is 0 Å². The average molecular weight is 324 g/mol. The van der Waals surface area contributed by atoms with Crippen molar-refractivity contribution in [2.24, 2.45) is 16.7 Å². The quantitative estimate of drug-likeness (QED) is 0.687. The third-order valence-electron chi connectivity index (χ3n) is 7.13. The highest BCUT2D eigenvalue weighted by Gasteiger charge is 2.55. The molecule has 4 heteroatoms. The normalized spacial score (nSPS) is 39.9. The topological polar surface area (TPSA) is 36.9 Å². The maximum Gasteiger partial charge on any atom is 0.0946 e. The van der Waals surface area contributed by atoms with Gasteiger partial charge in [0.1, 0.15) is 0 Å². The molecule has 0 aromatic carbocycles. The molecule has 3 atom stereocenters. The molecule has 0 N–H and O–H groups in total. The van der Waals surface area contributed by atoms with Gasteiger partial charge < -0.3 is 18.9 Å². The summed E-state index contributed by atoms with van der Waals surface area (Å²) < 4.78 is 23.9. The molecule has 23 heavy (non-hydrogen) atoms. The van der Waals surface area contributed by atoms with Gasteiger partial charge in [0, 0.05) is 10.8 Å². The lowest BCUT2D eigenvalue weighted by Crippen LogP contribution is -2.52. The van der Waals surface area contributed by atoms with Crippen LogP contribution in [-0.4, -0.2) is 51.3 Å². The van der Waals surface area contributed by atoms with E-state index in [0.717, 1.165) is 58.4 Å². The molecule has 132 valence electrons. The summed E-state index contributed by atoms with van der Waals surface area (Å²) in [6.07, 6.45) is 7.47. The molecule has 0 amide bonds. The Kier molecular flexibility index (Phi) is 4.24. The zero-order valence-corrected chi connectivity index (χ0v) is 14.8. The lowest BCUT2D eigenvalue weighted by Gasteiger charge is -2.46. The minimum Gasteiger partial charge on any atom is -0.380 e. The summed E-state index contributed by atoms with van der Waals surface area (Å²) in [5.41, 5.74) is 0.532. The fourth-order valence-corrected chi connectivity index (χ4v) is 4.73. The first kappa shape index (κ1) is 16.3. The summed E-state index contributed by atoms with van der Waals surface area (Å²) >= 11 is 0. The van der Waals surface area contributed by atoms with Gasteiger partial charge in [-0.05, 0) is 44.4 Å². The van der Waals surface area contributed by atoms with Gasteiger partial charge in [0.2, 0.25) is 0 Å². The van der Waals surface area contributed by atoms with E-state index in [4.69, 9.17) is 18.9 Å². The summed E-state index contributed by atoms with van der Waals surface area (Å²) in [7, 11) is 0. The maximum absolute atomic E-state index is 6.61. The van der Waals surface area contributed by atoms with Crippen LogP contribution in [0, 0.1) is 16.7 Å². The molecule has 0 aromatic rings.